The van der Waals surface area contributed by atoms with E-state index in [0.29, 0.717) is 25.0 Å². The molecule has 7 nitrogen and oxygen atoms in total. The molecule has 0 heterocycles. The maximum atomic E-state index is 11.7. The van der Waals surface area contributed by atoms with Crippen LogP contribution in [0, 0.1) is 11.3 Å². The van der Waals surface area contributed by atoms with Crippen molar-refractivity contribution >= 4 is 20.7 Å². The van der Waals surface area contributed by atoms with Crippen molar-refractivity contribution in [3.05, 3.63) is 0 Å². The number of carbonyl (C=O) groups excluding carboxylic acids is 2. The number of hydrogen-bond acceptors (Lipinski definition) is 7. The van der Waals surface area contributed by atoms with E-state index in [4.69, 9.17) is 22.8 Å². The molecule has 1 unspecified atom stereocenters. The molecule has 160 valence electrons. The lowest BCUT2D eigenvalue weighted by Crippen LogP contribution is -2.42. The van der Waals surface area contributed by atoms with Crippen LogP contribution in [0.2, 0.25) is 6.04 Å². The van der Waals surface area contributed by atoms with E-state index >= 15 is 0 Å². The predicted octanol–water partition coefficient (Wildman–Crippen LogP) is 3.58. The van der Waals surface area contributed by atoms with Gasteiger partial charge in [-0.2, -0.15) is 0 Å². The first kappa shape index (κ1) is 26.0. The van der Waals surface area contributed by atoms with E-state index in [1.54, 1.807) is 21.3 Å². The molecule has 0 bridgehead atoms. The summed E-state index contributed by atoms with van der Waals surface area (Å²) in [5.41, 5.74) is 0.269. The zero-order valence-electron chi connectivity index (χ0n) is 18.1. The molecule has 0 saturated carbocycles. The highest BCUT2D eigenvalue weighted by Gasteiger charge is 2.37. The van der Waals surface area contributed by atoms with Crippen LogP contribution in [0.4, 0.5) is 0 Å². The standard InChI is InChI=1S/C19H38O7Si/c1-16(15-19(2,3)4)11-13-26-18(21)10-9-17(20)25-12-8-14-27(22-5,23-6)24-7/h16H,8-15H2,1-7H3. The van der Waals surface area contributed by atoms with Crippen LogP contribution in [0.25, 0.3) is 0 Å². The molecule has 0 aromatic carbocycles. The molecule has 0 aromatic heterocycles. The van der Waals surface area contributed by atoms with E-state index in [1.807, 2.05) is 0 Å². The molecule has 0 N–H and O–H groups in total. The molecule has 0 aliphatic carbocycles. The lowest BCUT2D eigenvalue weighted by molar-refractivity contribution is -0.150. The Morgan fingerprint density at radius 3 is 1.81 bits per heavy atom. The fourth-order valence-electron chi connectivity index (χ4n) is 2.90. The summed E-state index contributed by atoms with van der Waals surface area (Å²) in [6, 6.07) is 0.554. The maximum Gasteiger partial charge on any atom is 0.500 e. The van der Waals surface area contributed by atoms with Crippen molar-refractivity contribution < 1.29 is 32.3 Å². The van der Waals surface area contributed by atoms with Crippen molar-refractivity contribution in [3.8, 4) is 0 Å². The van der Waals surface area contributed by atoms with E-state index in [0.717, 1.165) is 12.8 Å². The van der Waals surface area contributed by atoms with Gasteiger partial charge < -0.3 is 22.8 Å². The van der Waals surface area contributed by atoms with Crippen molar-refractivity contribution in [2.45, 2.75) is 65.8 Å². The third kappa shape index (κ3) is 12.9. The van der Waals surface area contributed by atoms with Gasteiger partial charge in [0.05, 0.1) is 26.1 Å². The summed E-state index contributed by atoms with van der Waals surface area (Å²) >= 11 is 0. The van der Waals surface area contributed by atoms with Crippen LogP contribution in [0.3, 0.4) is 0 Å². The second-order valence-electron chi connectivity index (χ2n) is 8.00. The van der Waals surface area contributed by atoms with Gasteiger partial charge in [0.25, 0.3) is 0 Å². The van der Waals surface area contributed by atoms with E-state index in [1.165, 1.54) is 0 Å². The molecule has 0 spiro atoms. The van der Waals surface area contributed by atoms with Gasteiger partial charge >= 0.3 is 20.7 Å². The summed E-state index contributed by atoms with van der Waals surface area (Å²) in [6.45, 7) is 9.38. The van der Waals surface area contributed by atoms with Crippen LogP contribution in [0.5, 0.6) is 0 Å². The minimum atomic E-state index is -2.63. The maximum absolute atomic E-state index is 11.7. The van der Waals surface area contributed by atoms with E-state index in [2.05, 4.69) is 27.7 Å². The Morgan fingerprint density at radius 2 is 1.37 bits per heavy atom. The first-order valence-electron chi connectivity index (χ1n) is 9.54. The van der Waals surface area contributed by atoms with Crippen molar-refractivity contribution in [2.24, 2.45) is 11.3 Å². The van der Waals surface area contributed by atoms with Gasteiger partial charge in [-0.15, -0.1) is 0 Å². The van der Waals surface area contributed by atoms with Gasteiger partial charge in [0.2, 0.25) is 0 Å². The predicted molar refractivity (Wildman–Crippen MR) is 105 cm³/mol. The Labute approximate surface area is 165 Å². The normalized spacial score (nSPS) is 13.3. The first-order valence-corrected chi connectivity index (χ1v) is 11.5. The molecule has 0 fully saturated rings. The Bertz CT molecular complexity index is 422. The number of ether oxygens (including phenoxy) is 2. The van der Waals surface area contributed by atoms with Gasteiger partial charge in [0, 0.05) is 27.4 Å². The molecule has 0 amide bonds. The summed E-state index contributed by atoms with van der Waals surface area (Å²) in [5, 5.41) is 0. The SMILES string of the molecule is CO[Si](CCCOC(=O)CCC(=O)OCCC(C)CC(C)(C)C)(OC)OC. The van der Waals surface area contributed by atoms with E-state index in [-0.39, 0.29) is 30.8 Å². The van der Waals surface area contributed by atoms with Crippen LogP contribution in [0.1, 0.15) is 59.8 Å². The van der Waals surface area contributed by atoms with Crippen molar-refractivity contribution in [1.82, 2.24) is 0 Å². The summed E-state index contributed by atoms with van der Waals surface area (Å²) in [4.78, 5) is 23.4. The molecule has 0 rings (SSSR count). The molecule has 0 aliphatic rings. The fraction of sp³-hybridized carbons (Fsp3) is 0.895. The van der Waals surface area contributed by atoms with Crippen LogP contribution in [-0.4, -0.2) is 55.3 Å². The highest BCUT2D eigenvalue weighted by atomic mass is 28.4. The van der Waals surface area contributed by atoms with E-state index < -0.39 is 14.8 Å². The van der Waals surface area contributed by atoms with Gasteiger partial charge in [0.15, 0.2) is 0 Å². The average Bonchev–Trinajstić information content (AvgIpc) is 2.59. The second kappa shape index (κ2) is 13.3. The number of rotatable bonds is 14. The van der Waals surface area contributed by atoms with E-state index in [9.17, 15) is 9.59 Å². The largest absolute Gasteiger partial charge is 0.500 e. The molecule has 0 radical (unpaired) electrons. The number of hydrogen-bond donors (Lipinski definition) is 0. The molecule has 0 aromatic rings. The Morgan fingerprint density at radius 1 is 0.889 bits per heavy atom. The van der Waals surface area contributed by atoms with Crippen molar-refractivity contribution in [3.63, 3.8) is 0 Å². The smallest absolute Gasteiger partial charge is 0.466 e. The summed E-state index contributed by atoms with van der Waals surface area (Å²) in [7, 11) is 2.00. The molecule has 8 heteroatoms. The fourth-order valence-corrected chi connectivity index (χ4v) is 4.59. The quantitative estimate of drug-likeness (QED) is 0.248. The minimum Gasteiger partial charge on any atom is -0.466 e. The van der Waals surface area contributed by atoms with Crippen LogP contribution in [0.15, 0.2) is 0 Å². The summed E-state index contributed by atoms with van der Waals surface area (Å²) in [5.74, 6) is -0.281. The van der Waals surface area contributed by atoms with Gasteiger partial charge in [-0.05, 0) is 30.6 Å². The zero-order chi connectivity index (χ0) is 20.9. The monoisotopic (exact) mass is 406 g/mol. The Balaban J connectivity index is 3.85. The molecule has 27 heavy (non-hydrogen) atoms. The lowest BCUT2D eigenvalue weighted by atomic mass is 9.84. The van der Waals surface area contributed by atoms with Gasteiger partial charge in [-0.25, -0.2) is 0 Å². The molecular weight excluding hydrogens is 368 g/mol. The average molecular weight is 407 g/mol. The molecule has 0 aliphatic heterocycles. The zero-order valence-corrected chi connectivity index (χ0v) is 19.1. The third-order valence-corrected chi connectivity index (χ3v) is 7.02. The van der Waals surface area contributed by atoms with Gasteiger partial charge in [-0.1, -0.05) is 27.7 Å². The minimum absolute atomic E-state index is 0.0256. The van der Waals surface area contributed by atoms with Crippen molar-refractivity contribution in [1.29, 1.82) is 0 Å². The van der Waals surface area contributed by atoms with Gasteiger partial charge in [0.1, 0.15) is 0 Å². The molecular formula is C19H38O7Si. The topological polar surface area (TPSA) is 80.3 Å². The number of carbonyl (C=O) groups is 2. The highest BCUT2D eigenvalue weighted by Crippen LogP contribution is 2.25. The lowest BCUT2D eigenvalue weighted by Gasteiger charge is -2.24. The van der Waals surface area contributed by atoms with Crippen LogP contribution < -0.4 is 0 Å². The van der Waals surface area contributed by atoms with Crippen LogP contribution in [-0.2, 0) is 32.3 Å². The van der Waals surface area contributed by atoms with Crippen molar-refractivity contribution in [2.75, 3.05) is 34.5 Å². The second-order valence-corrected chi connectivity index (χ2v) is 11.1. The van der Waals surface area contributed by atoms with Crippen LogP contribution >= 0.6 is 0 Å². The number of esters is 2. The van der Waals surface area contributed by atoms with Gasteiger partial charge in [-0.3, -0.25) is 9.59 Å². The Kier molecular flexibility index (Phi) is 12.8. The summed E-state index contributed by atoms with van der Waals surface area (Å²) < 4.78 is 26.2. The highest BCUT2D eigenvalue weighted by molar-refractivity contribution is 6.60. The molecule has 0 saturated heterocycles. The molecule has 1 atom stereocenters. The summed E-state index contributed by atoms with van der Waals surface area (Å²) in [6.07, 6.45) is 2.55. The third-order valence-electron chi connectivity index (χ3n) is 4.19. The Hall–Kier alpha value is -0.963. The first-order chi connectivity index (χ1) is 12.6.